The number of aromatic nitrogens is 1. The van der Waals surface area contributed by atoms with Gasteiger partial charge in [-0.05, 0) is 47.1 Å². The number of carbonyl (C=O) groups excluding carboxylic acids is 1. The van der Waals surface area contributed by atoms with Crippen molar-refractivity contribution in [1.29, 1.82) is 0 Å². The van der Waals surface area contributed by atoms with Crippen LogP contribution in [0.1, 0.15) is 16.1 Å². The number of anilines is 2. The van der Waals surface area contributed by atoms with Crippen molar-refractivity contribution in [3.8, 4) is 0 Å². The van der Waals surface area contributed by atoms with Crippen molar-refractivity contribution in [1.82, 2.24) is 4.98 Å². The summed E-state index contributed by atoms with van der Waals surface area (Å²) >= 11 is 3.30. The Balaban J connectivity index is 2.25. The molecule has 0 radical (unpaired) electrons. The quantitative estimate of drug-likeness (QED) is 0.838. The minimum atomic E-state index is -0.243. The fourth-order valence-electron chi connectivity index (χ4n) is 1.52. The number of benzene rings is 1. The predicted octanol–water partition coefficient (Wildman–Crippen LogP) is 2.99. The van der Waals surface area contributed by atoms with Crippen LogP contribution in [0.2, 0.25) is 0 Å². The molecule has 0 saturated heterocycles. The molecule has 0 aliphatic heterocycles. The molecule has 1 aromatic carbocycles. The number of hydrogen-bond acceptors (Lipinski definition) is 3. The third-order valence-electron chi connectivity index (χ3n) is 2.40. The first kappa shape index (κ1) is 12.6. The Hall–Kier alpha value is -1.88. The summed E-state index contributed by atoms with van der Waals surface area (Å²) in [6, 6.07) is 10.6. The lowest BCUT2D eigenvalue weighted by Crippen LogP contribution is -2.14. The van der Waals surface area contributed by atoms with Gasteiger partial charge in [-0.3, -0.25) is 4.79 Å². The van der Waals surface area contributed by atoms with Gasteiger partial charge in [0.2, 0.25) is 0 Å². The number of carbonyl (C=O) groups is 1. The number of nitrogens with zero attached hydrogens (tertiary/aromatic N) is 1. The van der Waals surface area contributed by atoms with Gasteiger partial charge in [0.25, 0.3) is 5.91 Å². The number of pyridine rings is 1. The van der Waals surface area contributed by atoms with Gasteiger partial charge in [-0.2, -0.15) is 0 Å². The van der Waals surface area contributed by atoms with Crippen LogP contribution in [0.4, 0.5) is 11.5 Å². The summed E-state index contributed by atoms with van der Waals surface area (Å²) in [6.07, 6.45) is 0. The van der Waals surface area contributed by atoms with E-state index in [1.165, 1.54) is 0 Å². The highest BCUT2D eigenvalue weighted by molar-refractivity contribution is 9.10. The Morgan fingerprint density at radius 2 is 2.00 bits per heavy atom. The SMILES string of the molecule is Cc1cccc(NC(=O)c2cccc(N)c2Br)n1. The maximum Gasteiger partial charge on any atom is 0.258 e. The number of amides is 1. The van der Waals surface area contributed by atoms with Crippen LogP contribution in [0.15, 0.2) is 40.9 Å². The summed E-state index contributed by atoms with van der Waals surface area (Å²) in [6.45, 7) is 1.87. The van der Waals surface area contributed by atoms with Gasteiger partial charge >= 0.3 is 0 Å². The fourth-order valence-corrected chi connectivity index (χ4v) is 1.97. The number of nitrogens with two attached hydrogens (primary N) is 1. The van der Waals surface area contributed by atoms with Crippen LogP contribution < -0.4 is 11.1 Å². The van der Waals surface area contributed by atoms with E-state index >= 15 is 0 Å². The largest absolute Gasteiger partial charge is 0.398 e. The second-order valence-electron chi connectivity index (χ2n) is 3.83. The molecule has 0 bridgehead atoms. The number of aryl methyl sites for hydroxylation is 1. The van der Waals surface area contributed by atoms with E-state index in [4.69, 9.17) is 5.73 Å². The Labute approximate surface area is 113 Å². The van der Waals surface area contributed by atoms with Crippen LogP contribution in [-0.4, -0.2) is 10.9 Å². The molecule has 2 rings (SSSR count). The smallest absolute Gasteiger partial charge is 0.258 e. The van der Waals surface area contributed by atoms with Gasteiger partial charge in [0.05, 0.1) is 10.0 Å². The highest BCUT2D eigenvalue weighted by atomic mass is 79.9. The normalized spacial score (nSPS) is 10.1. The average Bonchev–Trinajstić information content (AvgIpc) is 2.32. The van der Waals surface area contributed by atoms with Gasteiger partial charge in [-0.15, -0.1) is 0 Å². The Morgan fingerprint density at radius 3 is 2.72 bits per heavy atom. The van der Waals surface area contributed by atoms with Crippen LogP contribution in [0.3, 0.4) is 0 Å². The molecule has 5 heteroatoms. The minimum Gasteiger partial charge on any atom is -0.398 e. The first-order chi connectivity index (χ1) is 8.58. The van der Waals surface area contributed by atoms with Gasteiger partial charge in [-0.1, -0.05) is 12.1 Å². The summed E-state index contributed by atoms with van der Waals surface area (Å²) in [5.41, 5.74) is 7.59. The number of rotatable bonds is 2. The zero-order valence-electron chi connectivity index (χ0n) is 9.77. The van der Waals surface area contributed by atoms with Gasteiger partial charge < -0.3 is 11.1 Å². The molecule has 0 aliphatic carbocycles. The van der Waals surface area contributed by atoms with Crippen molar-refractivity contribution in [2.45, 2.75) is 6.92 Å². The highest BCUT2D eigenvalue weighted by Gasteiger charge is 2.12. The fraction of sp³-hybridized carbons (Fsp3) is 0.0769. The molecule has 92 valence electrons. The van der Waals surface area contributed by atoms with Crippen LogP contribution >= 0.6 is 15.9 Å². The molecule has 0 saturated carbocycles. The molecule has 1 heterocycles. The number of nitrogens with one attached hydrogen (secondary N) is 1. The standard InChI is InChI=1S/C13H12BrN3O/c1-8-4-2-7-11(16-8)17-13(18)9-5-3-6-10(15)12(9)14/h2-7H,15H2,1H3,(H,16,17,18). The predicted molar refractivity (Wildman–Crippen MR) is 75.5 cm³/mol. The van der Waals surface area contributed by atoms with E-state index in [-0.39, 0.29) is 5.91 Å². The molecule has 2 aromatic rings. The molecular weight excluding hydrogens is 294 g/mol. The van der Waals surface area contributed by atoms with Crippen molar-refractivity contribution in [2.24, 2.45) is 0 Å². The summed E-state index contributed by atoms with van der Waals surface area (Å²) in [7, 11) is 0. The lowest BCUT2D eigenvalue weighted by atomic mass is 10.2. The Morgan fingerprint density at radius 1 is 1.28 bits per heavy atom. The van der Waals surface area contributed by atoms with Crippen LogP contribution in [0.5, 0.6) is 0 Å². The average molecular weight is 306 g/mol. The molecule has 4 nitrogen and oxygen atoms in total. The van der Waals surface area contributed by atoms with Gasteiger partial charge in [0.15, 0.2) is 0 Å². The molecule has 1 aromatic heterocycles. The topological polar surface area (TPSA) is 68.0 Å². The lowest BCUT2D eigenvalue weighted by Gasteiger charge is -2.08. The van der Waals surface area contributed by atoms with Gasteiger partial charge in [-0.25, -0.2) is 4.98 Å². The molecule has 0 aliphatic rings. The van der Waals surface area contributed by atoms with E-state index in [2.05, 4.69) is 26.2 Å². The zero-order valence-corrected chi connectivity index (χ0v) is 11.4. The van der Waals surface area contributed by atoms with E-state index in [9.17, 15) is 4.79 Å². The van der Waals surface area contributed by atoms with Crippen molar-refractivity contribution in [3.05, 3.63) is 52.1 Å². The molecule has 18 heavy (non-hydrogen) atoms. The molecule has 1 amide bonds. The van der Waals surface area contributed by atoms with Crippen molar-refractivity contribution >= 4 is 33.3 Å². The first-order valence-electron chi connectivity index (χ1n) is 5.37. The molecule has 0 fully saturated rings. The number of halogens is 1. The molecular formula is C13H12BrN3O. The monoisotopic (exact) mass is 305 g/mol. The van der Waals surface area contributed by atoms with Crippen LogP contribution in [-0.2, 0) is 0 Å². The van der Waals surface area contributed by atoms with Crippen molar-refractivity contribution in [2.75, 3.05) is 11.1 Å². The first-order valence-corrected chi connectivity index (χ1v) is 6.16. The summed E-state index contributed by atoms with van der Waals surface area (Å²) in [4.78, 5) is 16.3. The maximum absolute atomic E-state index is 12.1. The zero-order chi connectivity index (χ0) is 13.1. The van der Waals surface area contributed by atoms with E-state index < -0.39 is 0 Å². The maximum atomic E-state index is 12.1. The Bertz CT molecular complexity index is 599. The van der Waals surface area contributed by atoms with Gasteiger partial charge in [0.1, 0.15) is 5.82 Å². The highest BCUT2D eigenvalue weighted by Crippen LogP contribution is 2.24. The third kappa shape index (κ3) is 2.68. The minimum absolute atomic E-state index is 0.243. The molecule has 0 atom stereocenters. The Kier molecular flexibility index (Phi) is 3.62. The van der Waals surface area contributed by atoms with Crippen molar-refractivity contribution < 1.29 is 4.79 Å². The molecule has 0 spiro atoms. The van der Waals surface area contributed by atoms with E-state index in [1.807, 2.05) is 19.1 Å². The van der Waals surface area contributed by atoms with E-state index in [0.29, 0.717) is 21.5 Å². The van der Waals surface area contributed by atoms with E-state index in [1.54, 1.807) is 24.3 Å². The third-order valence-corrected chi connectivity index (χ3v) is 3.29. The number of hydrogen-bond donors (Lipinski definition) is 2. The van der Waals surface area contributed by atoms with Gasteiger partial charge in [0, 0.05) is 11.4 Å². The summed E-state index contributed by atoms with van der Waals surface area (Å²) in [5.74, 6) is 0.279. The van der Waals surface area contributed by atoms with Crippen LogP contribution in [0.25, 0.3) is 0 Å². The van der Waals surface area contributed by atoms with Crippen LogP contribution in [0, 0.1) is 6.92 Å². The summed E-state index contributed by atoms with van der Waals surface area (Å²) in [5, 5.41) is 2.73. The summed E-state index contributed by atoms with van der Waals surface area (Å²) < 4.78 is 0.593. The lowest BCUT2D eigenvalue weighted by molar-refractivity contribution is 0.102. The second kappa shape index (κ2) is 5.18. The van der Waals surface area contributed by atoms with E-state index in [0.717, 1.165) is 5.69 Å². The second-order valence-corrected chi connectivity index (χ2v) is 4.62. The van der Waals surface area contributed by atoms with Crippen molar-refractivity contribution in [3.63, 3.8) is 0 Å². The molecule has 0 unspecified atom stereocenters. The molecule has 3 N–H and O–H groups in total. The number of nitrogen functional groups attached to an aromatic ring is 1.